The molecule has 0 saturated heterocycles. The van der Waals surface area contributed by atoms with E-state index in [-0.39, 0.29) is 6.04 Å². The minimum absolute atomic E-state index is 0.0642. The minimum atomic E-state index is -0.541. The van der Waals surface area contributed by atoms with E-state index < -0.39 is 12.0 Å². The number of amides is 1. The molecule has 1 amide bonds. The van der Waals surface area contributed by atoms with Gasteiger partial charge in [0.15, 0.2) is 0 Å². The van der Waals surface area contributed by atoms with Gasteiger partial charge in [0, 0.05) is 18.4 Å². The van der Waals surface area contributed by atoms with Crippen LogP contribution in [0.4, 0.5) is 4.79 Å². The first-order valence-electron chi connectivity index (χ1n) is 4.16. The van der Waals surface area contributed by atoms with Gasteiger partial charge in [-0.3, -0.25) is 0 Å². The highest BCUT2D eigenvalue weighted by atomic mass is 16.3. The number of nitrogens with one attached hydrogen (secondary N) is 1. The Bertz CT molecular complexity index is 295. The summed E-state index contributed by atoms with van der Waals surface area (Å²) in [5.74, 6) is 0. The molecule has 0 aliphatic rings. The predicted molar refractivity (Wildman–Crippen MR) is 46.0 cm³/mol. The standard InChI is InChI=1S/C8H12N3O2/c1-3-6(2)10-8(13)11-5-4-9-7(11)12/h4-6H,3H2,1-2H3,(H,10,13). The lowest BCUT2D eigenvalue weighted by atomic mass is 10.3. The lowest BCUT2D eigenvalue weighted by Crippen LogP contribution is -2.34. The van der Waals surface area contributed by atoms with Crippen LogP contribution in [-0.4, -0.2) is 21.6 Å². The molecule has 0 spiro atoms. The van der Waals surface area contributed by atoms with Crippen LogP contribution in [0.5, 0.6) is 6.01 Å². The van der Waals surface area contributed by atoms with Gasteiger partial charge in [0.05, 0.1) is 0 Å². The van der Waals surface area contributed by atoms with Crippen LogP contribution in [0, 0.1) is 0 Å². The zero-order valence-corrected chi connectivity index (χ0v) is 7.65. The molecule has 0 fully saturated rings. The first kappa shape index (κ1) is 9.57. The molecule has 1 atom stereocenters. The predicted octanol–water partition coefficient (Wildman–Crippen LogP) is 1.38. The maximum atomic E-state index is 11.3. The summed E-state index contributed by atoms with van der Waals surface area (Å²) in [6.45, 7) is 3.83. The molecule has 1 N–H and O–H groups in total. The van der Waals surface area contributed by atoms with Gasteiger partial charge >= 0.3 is 12.0 Å². The molecular formula is C8H12N3O2. The Balaban J connectivity index is 2.64. The van der Waals surface area contributed by atoms with Crippen molar-refractivity contribution in [3.63, 3.8) is 0 Å². The van der Waals surface area contributed by atoms with Gasteiger partial charge in [-0.2, -0.15) is 4.98 Å². The number of hydrogen-bond acceptors (Lipinski definition) is 2. The van der Waals surface area contributed by atoms with E-state index in [4.69, 9.17) is 0 Å². The van der Waals surface area contributed by atoms with Crippen LogP contribution >= 0.6 is 0 Å². The van der Waals surface area contributed by atoms with Gasteiger partial charge in [-0.05, 0) is 13.3 Å². The van der Waals surface area contributed by atoms with Crippen LogP contribution < -0.4 is 5.32 Å². The molecule has 1 aromatic heterocycles. The van der Waals surface area contributed by atoms with Gasteiger partial charge in [0.1, 0.15) is 0 Å². The SMILES string of the molecule is CCC(C)NC(=O)n1ccnc1[O]. The Labute approximate surface area is 76.4 Å². The average Bonchev–Trinajstić information content (AvgIpc) is 2.51. The second-order valence-corrected chi connectivity index (χ2v) is 2.84. The monoisotopic (exact) mass is 182 g/mol. The molecule has 13 heavy (non-hydrogen) atoms. The summed E-state index contributed by atoms with van der Waals surface area (Å²) in [7, 11) is 0. The molecule has 0 saturated carbocycles. The van der Waals surface area contributed by atoms with Crippen molar-refractivity contribution in [1.29, 1.82) is 0 Å². The van der Waals surface area contributed by atoms with Crippen molar-refractivity contribution in [2.24, 2.45) is 0 Å². The van der Waals surface area contributed by atoms with E-state index in [9.17, 15) is 9.90 Å². The molecule has 1 heterocycles. The van der Waals surface area contributed by atoms with Gasteiger partial charge in [-0.15, -0.1) is 0 Å². The summed E-state index contributed by atoms with van der Waals surface area (Å²) in [6.07, 6.45) is 3.48. The van der Waals surface area contributed by atoms with Crippen molar-refractivity contribution in [1.82, 2.24) is 14.9 Å². The molecule has 0 bridgehead atoms. The molecule has 1 unspecified atom stereocenters. The van der Waals surface area contributed by atoms with Crippen molar-refractivity contribution in [2.45, 2.75) is 26.3 Å². The average molecular weight is 182 g/mol. The molecule has 71 valence electrons. The second kappa shape index (κ2) is 3.93. The van der Waals surface area contributed by atoms with Crippen LogP contribution in [0.25, 0.3) is 0 Å². The van der Waals surface area contributed by atoms with E-state index in [0.717, 1.165) is 11.0 Å². The summed E-state index contributed by atoms with van der Waals surface area (Å²) in [6, 6.07) is -0.896. The van der Waals surface area contributed by atoms with Gasteiger partial charge in [0.25, 0.3) is 0 Å². The zero-order chi connectivity index (χ0) is 9.84. The van der Waals surface area contributed by atoms with Crippen LogP contribution in [0.1, 0.15) is 20.3 Å². The molecule has 5 heteroatoms. The molecular weight excluding hydrogens is 170 g/mol. The summed E-state index contributed by atoms with van der Waals surface area (Å²) < 4.78 is 0.951. The molecule has 1 radical (unpaired) electrons. The fourth-order valence-corrected chi connectivity index (χ4v) is 0.827. The second-order valence-electron chi connectivity index (χ2n) is 2.84. The summed E-state index contributed by atoms with van der Waals surface area (Å²) in [4.78, 5) is 14.7. The third kappa shape index (κ3) is 2.21. The molecule has 0 aliphatic carbocycles. The number of rotatable bonds is 2. The van der Waals surface area contributed by atoms with E-state index in [2.05, 4.69) is 10.3 Å². The Hall–Kier alpha value is -1.52. The number of nitrogens with zero attached hydrogens (tertiary/aromatic N) is 2. The van der Waals surface area contributed by atoms with E-state index in [0.29, 0.717) is 0 Å². The van der Waals surface area contributed by atoms with Crippen molar-refractivity contribution < 1.29 is 9.90 Å². The van der Waals surface area contributed by atoms with Crippen molar-refractivity contribution in [2.75, 3.05) is 0 Å². The van der Waals surface area contributed by atoms with Crippen LogP contribution in [0.3, 0.4) is 0 Å². The Morgan fingerprint density at radius 1 is 1.77 bits per heavy atom. The van der Waals surface area contributed by atoms with Crippen LogP contribution in [-0.2, 0) is 5.11 Å². The normalized spacial score (nSPS) is 12.5. The van der Waals surface area contributed by atoms with Crippen LogP contribution in [0.15, 0.2) is 12.4 Å². The largest absolute Gasteiger partial charge is 0.355 e. The first-order chi connectivity index (χ1) is 6.15. The Morgan fingerprint density at radius 3 is 2.92 bits per heavy atom. The summed E-state index contributed by atoms with van der Waals surface area (Å²) >= 11 is 0. The van der Waals surface area contributed by atoms with Crippen molar-refractivity contribution in [3.05, 3.63) is 12.4 Å². The van der Waals surface area contributed by atoms with Crippen molar-refractivity contribution in [3.8, 4) is 6.01 Å². The fourth-order valence-electron chi connectivity index (χ4n) is 0.827. The quantitative estimate of drug-likeness (QED) is 0.750. The number of carbonyl (C=O) groups excluding carboxylic acids is 1. The van der Waals surface area contributed by atoms with Gasteiger partial charge in [-0.25, -0.2) is 14.5 Å². The Kier molecular flexibility index (Phi) is 2.89. The van der Waals surface area contributed by atoms with Gasteiger partial charge in [-0.1, -0.05) is 6.92 Å². The molecule has 1 aromatic rings. The highest BCUT2D eigenvalue weighted by molar-refractivity contribution is 5.77. The van der Waals surface area contributed by atoms with Crippen molar-refractivity contribution >= 4 is 6.03 Å². The van der Waals surface area contributed by atoms with E-state index in [1.165, 1.54) is 12.4 Å². The topological polar surface area (TPSA) is 66.8 Å². The maximum absolute atomic E-state index is 11.3. The van der Waals surface area contributed by atoms with E-state index in [1.54, 1.807) is 0 Å². The highest BCUT2D eigenvalue weighted by Gasteiger charge is 2.11. The van der Waals surface area contributed by atoms with E-state index in [1.807, 2.05) is 13.8 Å². The van der Waals surface area contributed by atoms with Gasteiger partial charge in [0.2, 0.25) is 0 Å². The smallest absolute Gasteiger partial charge is 0.335 e. The Morgan fingerprint density at radius 2 is 2.46 bits per heavy atom. The third-order valence-corrected chi connectivity index (χ3v) is 1.81. The minimum Gasteiger partial charge on any atom is -0.335 e. The number of carbonyl (C=O) groups is 1. The number of hydrogen-bond donors (Lipinski definition) is 1. The molecule has 5 nitrogen and oxygen atoms in total. The van der Waals surface area contributed by atoms with Crippen LogP contribution in [0.2, 0.25) is 0 Å². The first-order valence-corrected chi connectivity index (χ1v) is 4.16. The highest BCUT2D eigenvalue weighted by Crippen LogP contribution is 2.04. The summed E-state index contributed by atoms with van der Waals surface area (Å²) in [5, 5.41) is 13.6. The lowest BCUT2D eigenvalue weighted by molar-refractivity contribution is 0.230. The van der Waals surface area contributed by atoms with Gasteiger partial charge < -0.3 is 5.32 Å². The molecule has 0 aliphatic heterocycles. The number of aromatic nitrogens is 2. The number of imidazole rings is 1. The molecule has 1 rings (SSSR count). The fraction of sp³-hybridized carbons (Fsp3) is 0.500. The zero-order valence-electron chi connectivity index (χ0n) is 7.65. The summed E-state index contributed by atoms with van der Waals surface area (Å²) in [5.41, 5.74) is 0. The molecule has 0 aromatic carbocycles. The van der Waals surface area contributed by atoms with E-state index >= 15 is 0 Å². The third-order valence-electron chi connectivity index (χ3n) is 1.81. The lowest BCUT2D eigenvalue weighted by Gasteiger charge is -2.10. The maximum Gasteiger partial charge on any atom is 0.355 e.